The molecule has 4 nitrogen and oxygen atoms in total. The molecule has 1 aromatic rings. The van der Waals surface area contributed by atoms with Gasteiger partial charge in [0.2, 0.25) is 5.88 Å². The van der Waals surface area contributed by atoms with E-state index in [0.29, 0.717) is 0 Å². The number of H-pyrrole nitrogens is 1. The van der Waals surface area contributed by atoms with E-state index >= 15 is 0 Å². The Hall–Kier alpha value is -1.03. The van der Waals surface area contributed by atoms with Crippen molar-refractivity contribution in [2.24, 2.45) is 0 Å². The highest BCUT2D eigenvalue weighted by Crippen LogP contribution is 2.37. The maximum atomic E-state index is 11.2. The van der Waals surface area contributed by atoms with Gasteiger partial charge in [0.05, 0.1) is 4.88 Å². The molecule has 0 saturated carbocycles. The van der Waals surface area contributed by atoms with Crippen LogP contribution < -0.4 is 4.87 Å². The molecule has 0 aliphatic rings. The van der Waals surface area contributed by atoms with Gasteiger partial charge in [0.25, 0.3) is 0 Å². The number of unbranched alkanes of at least 4 members (excludes halogenated alkanes) is 10. The number of aryl methyl sites for hydroxylation is 1. The first-order valence-electron chi connectivity index (χ1n) is 13.1. The molecule has 1 heterocycles. The molecule has 1 aromatic heterocycles. The smallest absolute Gasteiger partial charge is 0.307 e. The first-order valence-corrected chi connectivity index (χ1v) is 16.9. The summed E-state index contributed by atoms with van der Waals surface area (Å²) in [5, 5.41) is 9.81. The second-order valence-corrected chi connectivity index (χ2v) is 16.6. The van der Waals surface area contributed by atoms with Crippen LogP contribution in [0.5, 0.6) is 5.88 Å². The van der Waals surface area contributed by atoms with Gasteiger partial charge in [-0.1, -0.05) is 103 Å². The van der Waals surface area contributed by atoms with Crippen LogP contribution in [0.25, 0.3) is 0 Å². The van der Waals surface area contributed by atoms with Crippen LogP contribution in [0.4, 0.5) is 0 Å². The van der Waals surface area contributed by atoms with E-state index in [1.807, 2.05) is 0 Å². The highest BCUT2D eigenvalue weighted by molar-refractivity contribution is 7.09. The summed E-state index contributed by atoms with van der Waals surface area (Å²) in [4.78, 5) is 14.2. The van der Waals surface area contributed by atoms with Gasteiger partial charge in [-0.3, -0.25) is 9.78 Å². The van der Waals surface area contributed by atoms with E-state index in [1.165, 1.54) is 57.8 Å². The van der Waals surface area contributed by atoms with Crippen molar-refractivity contribution in [1.29, 1.82) is 0 Å². The number of nitrogens with one attached hydrogen (secondary N) is 1. The normalized spacial score (nSPS) is 13.0. The van der Waals surface area contributed by atoms with Crippen molar-refractivity contribution < 1.29 is 9.53 Å². The van der Waals surface area contributed by atoms with Crippen LogP contribution in [-0.4, -0.2) is 24.5 Å². The summed E-state index contributed by atoms with van der Waals surface area (Å²) in [6, 6.07) is 0. The first-order chi connectivity index (χ1) is 15.6. The van der Waals surface area contributed by atoms with Crippen LogP contribution in [0.2, 0.25) is 18.1 Å². The fraction of sp³-hybridized carbons (Fsp3) is 0.815. The third kappa shape index (κ3) is 12.9. The standard InChI is InChI=1S/C27H49NO3SSi/c1-7-8-20-23(31-33(5,6)27(2,3)4)21-18-16-14-12-10-9-11-13-15-17-19-22-24-25(29)28-26(30)32-24/h23,29H,7-17,19-20,22H2,1-6H3,(H,28,30). The van der Waals surface area contributed by atoms with Crippen LogP contribution in [0, 0.1) is 11.8 Å². The van der Waals surface area contributed by atoms with Crippen molar-refractivity contribution in [1.82, 2.24) is 4.98 Å². The zero-order chi connectivity index (χ0) is 24.7. The molecule has 0 aliphatic heterocycles. The maximum absolute atomic E-state index is 11.2. The number of thiazole rings is 1. The molecule has 1 rings (SSSR count). The topological polar surface area (TPSA) is 62.3 Å². The molecule has 0 aliphatic carbocycles. The molecule has 1 unspecified atom stereocenters. The molecule has 0 amide bonds. The van der Waals surface area contributed by atoms with E-state index in [4.69, 9.17) is 4.43 Å². The Balaban J connectivity index is 2.11. The predicted octanol–water partition coefficient (Wildman–Crippen LogP) is 8.17. The van der Waals surface area contributed by atoms with Crippen molar-refractivity contribution in [3.8, 4) is 17.7 Å². The van der Waals surface area contributed by atoms with E-state index in [0.717, 1.165) is 48.3 Å². The summed E-state index contributed by atoms with van der Waals surface area (Å²) in [5.41, 5.74) is 0. The number of aromatic nitrogens is 1. The minimum atomic E-state index is -1.77. The van der Waals surface area contributed by atoms with Crippen molar-refractivity contribution in [3.05, 3.63) is 14.5 Å². The van der Waals surface area contributed by atoms with Gasteiger partial charge in [-0.15, -0.1) is 5.92 Å². The van der Waals surface area contributed by atoms with Crippen molar-refractivity contribution in [3.63, 3.8) is 0 Å². The number of rotatable bonds is 16. The Bertz CT molecular complexity index is 767. The monoisotopic (exact) mass is 495 g/mol. The molecule has 6 heteroatoms. The fourth-order valence-electron chi connectivity index (χ4n) is 3.53. The highest BCUT2D eigenvalue weighted by atomic mass is 32.1. The third-order valence-electron chi connectivity index (χ3n) is 6.73. The van der Waals surface area contributed by atoms with Gasteiger partial charge in [0.15, 0.2) is 8.32 Å². The second-order valence-electron chi connectivity index (χ2n) is 10.8. The Morgan fingerprint density at radius 3 is 2.09 bits per heavy atom. The molecule has 0 spiro atoms. The van der Waals surface area contributed by atoms with Gasteiger partial charge >= 0.3 is 4.87 Å². The lowest BCUT2D eigenvalue weighted by molar-refractivity contribution is 0.220. The van der Waals surface area contributed by atoms with Crippen LogP contribution in [-0.2, 0) is 10.8 Å². The van der Waals surface area contributed by atoms with E-state index in [1.54, 1.807) is 0 Å². The fourth-order valence-corrected chi connectivity index (χ4v) is 5.53. The van der Waals surface area contributed by atoms with Gasteiger partial charge in [-0.25, -0.2) is 0 Å². The summed E-state index contributed by atoms with van der Waals surface area (Å²) < 4.78 is 6.57. The minimum Gasteiger partial charge on any atom is -0.494 e. The molecular formula is C27H49NO3SSi. The lowest BCUT2D eigenvalue weighted by Gasteiger charge is -2.38. The number of hydrogen-bond acceptors (Lipinski definition) is 4. The number of aromatic amines is 1. The zero-order valence-corrected chi connectivity index (χ0v) is 24.0. The Morgan fingerprint density at radius 2 is 1.58 bits per heavy atom. The van der Waals surface area contributed by atoms with Crippen LogP contribution in [0.15, 0.2) is 4.79 Å². The molecule has 190 valence electrons. The van der Waals surface area contributed by atoms with Crippen molar-refractivity contribution in [2.45, 2.75) is 142 Å². The molecular weight excluding hydrogens is 446 g/mol. The molecule has 0 aromatic carbocycles. The van der Waals surface area contributed by atoms with E-state index in [9.17, 15) is 9.90 Å². The quantitative estimate of drug-likeness (QED) is 0.138. The Morgan fingerprint density at radius 1 is 1.00 bits per heavy atom. The molecule has 2 N–H and O–H groups in total. The predicted molar refractivity (Wildman–Crippen MR) is 146 cm³/mol. The van der Waals surface area contributed by atoms with Crippen molar-refractivity contribution >= 4 is 19.7 Å². The Labute approximate surface area is 208 Å². The molecule has 0 fully saturated rings. The van der Waals surface area contributed by atoms with Gasteiger partial charge < -0.3 is 9.53 Å². The van der Waals surface area contributed by atoms with Crippen LogP contribution in [0.3, 0.4) is 0 Å². The molecule has 0 bridgehead atoms. The summed E-state index contributed by atoms with van der Waals surface area (Å²) >= 11 is 1.13. The molecule has 0 saturated heterocycles. The SMILES string of the molecule is CCCCC(C#CCCCCCCCCCCCc1sc(=O)[nH]c1O)O[Si](C)(C)C(C)(C)C. The van der Waals surface area contributed by atoms with Crippen molar-refractivity contribution in [2.75, 3.05) is 0 Å². The largest absolute Gasteiger partial charge is 0.494 e. The summed E-state index contributed by atoms with van der Waals surface area (Å²) in [7, 11) is -1.77. The summed E-state index contributed by atoms with van der Waals surface area (Å²) in [5.74, 6) is 6.94. The average Bonchev–Trinajstić information content (AvgIpc) is 3.05. The zero-order valence-electron chi connectivity index (χ0n) is 22.1. The number of aromatic hydroxyl groups is 1. The van der Waals surface area contributed by atoms with Gasteiger partial charge in [-0.2, -0.15) is 0 Å². The second kappa shape index (κ2) is 15.8. The Kier molecular flexibility index (Phi) is 14.4. The molecule has 0 radical (unpaired) electrons. The highest BCUT2D eigenvalue weighted by Gasteiger charge is 2.38. The van der Waals surface area contributed by atoms with Gasteiger partial charge in [0, 0.05) is 6.42 Å². The first kappa shape index (κ1) is 30.0. The lowest BCUT2D eigenvalue weighted by atomic mass is 10.1. The van der Waals surface area contributed by atoms with E-state index in [2.05, 4.69) is 57.6 Å². The number of hydrogen-bond donors (Lipinski definition) is 2. The van der Waals surface area contributed by atoms with E-state index < -0.39 is 8.32 Å². The molecule has 1 atom stereocenters. The van der Waals surface area contributed by atoms with Crippen LogP contribution in [0.1, 0.15) is 116 Å². The molecule has 33 heavy (non-hydrogen) atoms. The van der Waals surface area contributed by atoms with Gasteiger partial charge in [0.1, 0.15) is 6.10 Å². The maximum Gasteiger partial charge on any atom is 0.307 e. The lowest BCUT2D eigenvalue weighted by Crippen LogP contribution is -2.43. The van der Waals surface area contributed by atoms with Crippen LogP contribution >= 0.6 is 11.3 Å². The third-order valence-corrected chi connectivity index (χ3v) is 12.1. The van der Waals surface area contributed by atoms with E-state index in [-0.39, 0.29) is 21.9 Å². The summed E-state index contributed by atoms with van der Waals surface area (Å²) in [6.45, 7) is 13.8. The minimum absolute atomic E-state index is 0.0642. The average molecular weight is 496 g/mol. The van der Waals surface area contributed by atoms with Gasteiger partial charge in [-0.05, 0) is 43.8 Å². The summed E-state index contributed by atoms with van der Waals surface area (Å²) in [6.07, 6.45) is 16.4.